The van der Waals surface area contributed by atoms with Gasteiger partial charge in [0.15, 0.2) is 0 Å². The quantitative estimate of drug-likeness (QED) is 0.880. The lowest BCUT2D eigenvalue weighted by molar-refractivity contribution is 0.926. The number of anilines is 2. The number of nitrogens with two attached hydrogens (primary N) is 1. The molecule has 1 saturated carbocycles. The van der Waals surface area contributed by atoms with Crippen molar-refractivity contribution in [1.29, 1.82) is 0 Å². The van der Waals surface area contributed by atoms with Crippen molar-refractivity contribution in [3.8, 4) is 0 Å². The summed E-state index contributed by atoms with van der Waals surface area (Å²) >= 11 is 0. The van der Waals surface area contributed by atoms with Gasteiger partial charge >= 0.3 is 0 Å². The van der Waals surface area contributed by atoms with Crippen molar-refractivity contribution in [3.05, 3.63) is 47.3 Å². The molecule has 1 aromatic carbocycles. The lowest BCUT2D eigenvalue weighted by Crippen LogP contribution is -2.06. The van der Waals surface area contributed by atoms with Crippen LogP contribution >= 0.6 is 0 Å². The Bertz CT molecular complexity index is 590. The van der Waals surface area contributed by atoms with E-state index in [9.17, 15) is 0 Å². The number of aryl methyl sites for hydroxylation is 1. The molecular weight excluding hydrogens is 236 g/mol. The van der Waals surface area contributed by atoms with Crippen molar-refractivity contribution in [2.75, 3.05) is 11.1 Å². The maximum atomic E-state index is 5.83. The van der Waals surface area contributed by atoms with E-state index in [1.807, 2.05) is 0 Å². The van der Waals surface area contributed by atoms with Gasteiger partial charge in [-0.05, 0) is 25.3 Å². The smallest absolute Gasteiger partial charge is 0.136 e. The fourth-order valence-electron chi connectivity index (χ4n) is 2.11. The lowest BCUT2D eigenvalue weighted by atomic mass is 10.1. The van der Waals surface area contributed by atoms with Crippen LogP contribution in [0, 0.1) is 6.92 Å². The summed E-state index contributed by atoms with van der Waals surface area (Å²) in [6.45, 7) is 2.85. The molecule has 0 atom stereocenters. The van der Waals surface area contributed by atoms with E-state index in [2.05, 4.69) is 46.5 Å². The maximum Gasteiger partial charge on any atom is 0.136 e. The van der Waals surface area contributed by atoms with Gasteiger partial charge in [-0.3, -0.25) is 0 Å². The minimum absolute atomic E-state index is 0.517. The van der Waals surface area contributed by atoms with Crippen molar-refractivity contribution >= 4 is 11.6 Å². The molecule has 4 heteroatoms. The van der Waals surface area contributed by atoms with Crippen LogP contribution in [0.15, 0.2) is 30.3 Å². The summed E-state index contributed by atoms with van der Waals surface area (Å²) in [5, 5.41) is 3.32. The van der Waals surface area contributed by atoms with Gasteiger partial charge in [-0.1, -0.05) is 29.8 Å². The van der Waals surface area contributed by atoms with Crippen molar-refractivity contribution < 1.29 is 0 Å². The first kappa shape index (κ1) is 12.0. The number of hydrogen-bond donors (Lipinski definition) is 2. The fourth-order valence-corrected chi connectivity index (χ4v) is 2.11. The zero-order chi connectivity index (χ0) is 13.2. The van der Waals surface area contributed by atoms with Gasteiger partial charge in [-0.15, -0.1) is 0 Å². The Morgan fingerprint density at radius 2 is 2.11 bits per heavy atom. The first-order valence-corrected chi connectivity index (χ1v) is 6.64. The molecule has 0 saturated heterocycles. The molecule has 1 aromatic heterocycles. The van der Waals surface area contributed by atoms with Gasteiger partial charge in [0.05, 0.1) is 0 Å². The zero-order valence-electron chi connectivity index (χ0n) is 11.1. The predicted octanol–water partition coefficient (Wildman–Crippen LogP) is 2.86. The number of aromatic nitrogens is 2. The molecule has 0 bridgehead atoms. The minimum atomic E-state index is 0.517. The largest absolute Gasteiger partial charge is 0.384 e. The average Bonchev–Trinajstić information content (AvgIpc) is 3.20. The Labute approximate surface area is 113 Å². The van der Waals surface area contributed by atoms with Gasteiger partial charge in [0.1, 0.15) is 17.5 Å². The minimum Gasteiger partial charge on any atom is -0.384 e. The van der Waals surface area contributed by atoms with Gasteiger partial charge in [-0.2, -0.15) is 0 Å². The first-order chi connectivity index (χ1) is 9.20. The summed E-state index contributed by atoms with van der Waals surface area (Å²) in [6.07, 6.45) is 2.36. The van der Waals surface area contributed by atoms with Gasteiger partial charge < -0.3 is 11.1 Å². The molecule has 0 aliphatic heterocycles. The Morgan fingerprint density at radius 1 is 1.26 bits per heavy atom. The number of nitrogen functional groups attached to an aromatic ring is 1. The summed E-state index contributed by atoms with van der Waals surface area (Å²) in [4.78, 5) is 8.82. The van der Waals surface area contributed by atoms with Crippen molar-refractivity contribution in [2.24, 2.45) is 0 Å². The van der Waals surface area contributed by atoms with E-state index in [1.165, 1.54) is 24.0 Å². The molecule has 1 aliphatic rings. The Hall–Kier alpha value is -2.10. The Morgan fingerprint density at radius 3 is 2.84 bits per heavy atom. The highest BCUT2D eigenvalue weighted by Crippen LogP contribution is 2.38. The molecule has 2 aromatic rings. The number of nitrogens with one attached hydrogen (secondary N) is 1. The molecule has 0 unspecified atom stereocenters. The predicted molar refractivity (Wildman–Crippen MR) is 76.9 cm³/mol. The number of benzene rings is 1. The molecule has 1 aliphatic carbocycles. The Kier molecular flexibility index (Phi) is 3.07. The molecule has 19 heavy (non-hydrogen) atoms. The van der Waals surface area contributed by atoms with Crippen molar-refractivity contribution in [3.63, 3.8) is 0 Å². The normalized spacial score (nSPS) is 14.4. The van der Waals surface area contributed by atoms with E-state index < -0.39 is 0 Å². The van der Waals surface area contributed by atoms with Crippen molar-refractivity contribution in [1.82, 2.24) is 9.97 Å². The molecular formula is C15H18N4. The molecule has 0 spiro atoms. The maximum absolute atomic E-state index is 5.83. The highest BCUT2D eigenvalue weighted by molar-refractivity contribution is 5.45. The van der Waals surface area contributed by atoms with Crippen LogP contribution in [0.4, 0.5) is 11.6 Å². The van der Waals surface area contributed by atoms with Crippen LogP contribution in [0.25, 0.3) is 0 Å². The van der Waals surface area contributed by atoms with Gasteiger partial charge in [0.25, 0.3) is 0 Å². The van der Waals surface area contributed by atoms with Crippen LogP contribution in [0.2, 0.25) is 0 Å². The average molecular weight is 254 g/mol. The first-order valence-electron chi connectivity index (χ1n) is 6.64. The van der Waals surface area contributed by atoms with Crippen LogP contribution in [0.1, 0.15) is 35.7 Å². The van der Waals surface area contributed by atoms with Crippen LogP contribution in [0.3, 0.4) is 0 Å². The number of nitrogens with zero attached hydrogens (tertiary/aromatic N) is 2. The Balaban J connectivity index is 1.72. The number of rotatable bonds is 4. The summed E-state index contributed by atoms with van der Waals surface area (Å²) < 4.78 is 0. The van der Waals surface area contributed by atoms with E-state index in [0.29, 0.717) is 11.7 Å². The zero-order valence-corrected chi connectivity index (χ0v) is 11.1. The van der Waals surface area contributed by atoms with Crippen LogP contribution in [-0.4, -0.2) is 9.97 Å². The van der Waals surface area contributed by atoms with Gasteiger partial charge in [0, 0.05) is 18.5 Å². The summed E-state index contributed by atoms with van der Waals surface area (Å²) in [6, 6.07) is 10.2. The summed E-state index contributed by atoms with van der Waals surface area (Å²) in [5.74, 6) is 2.76. The third-order valence-corrected chi connectivity index (χ3v) is 3.26. The highest BCUT2D eigenvalue weighted by Gasteiger charge is 2.27. The molecule has 0 radical (unpaired) electrons. The van der Waals surface area contributed by atoms with Crippen LogP contribution in [0.5, 0.6) is 0 Å². The lowest BCUT2D eigenvalue weighted by Gasteiger charge is -2.08. The standard InChI is InChI=1S/C15H18N4/c1-10-3-2-4-11(7-10)9-17-14-8-13(16)18-15(19-14)12-5-6-12/h2-4,7-8,12H,5-6,9H2,1H3,(H3,16,17,18,19). The van der Waals surface area contributed by atoms with E-state index in [0.717, 1.165) is 18.2 Å². The van der Waals surface area contributed by atoms with Gasteiger partial charge in [0.2, 0.25) is 0 Å². The second kappa shape index (κ2) is 4.88. The summed E-state index contributed by atoms with van der Waals surface area (Å²) in [7, 11) is 0. The third-order valence-electron chi connectivity index (χ3n) is 3.26. The topological polar surface area (TPSA) is 63.8 Å². The molecule has 3 rings (SSSR count). The van der Waals surface area contributed by atoms with E-state index >= 15 is 0 Å². The second-order valence-electron chi connectivity index (χ2n) is 5.15. The molecule has 1 heterocycles. The highest BCUT2D eigenvalue weighted by atomic mass is 15.1. The van der Waals surface area contributed by atoms with E-state index in [1.54, 1.807) is 6.07 Å². The number of hydrogen-bond acceptors (Lipinski definition) is 4. The fraction of sp³-hybridized carbons (Fsp3) is 0.333. The monoisotopic (exact) mass is 254 g/mol. The molecule has 98 valence electrons. The van der Waals surface area contributed by atoms with Crippen LogP contribution < -0.4 is 11.1 Å². The molecule has 0 amide bonds. The SMILES string of the molecule is Cc1cccc(CNc2cc(N)nc(C3CC3)n2)c1. The van der Waals surface area contributed by atoms with Gasteiger partial charge in [-0.25, -0.2) is 9.97 Å². The molecule has 4 nitrogen and oxygen atoms in total. The van der Waals surface area contributed by atoms with Crippen molar-refractivity contribution in [2.45, 2.75) is 32.2 Å². The van der Waals surface area contributed by atoms with E-state index in [4.69, 9.17) is 5.73 Å². The van der Waals surface area contributed by atoms with E-state index in [-0.39, 0.29) is 0 Å². The van der Waals surface area contributed by atoms with Crippen LogP contribution in [-0.2, 0) is 6.54 Å². The second-order valence-corrected chi connectivity index (χ2v) is 5.15. The third kappa shape index (κ3) is 3.02. The molecule has 3 N–H and O–H groups in total. The summed E-state index contributed by atoms with van der Waals surface area (Å²) in [5.41, 5.74) is 8.33. The molecule has 1 fully saturated rings.